The molecular formula is C17H16N4O2. The summed E-state index contributed by atoms with van der Waals surface area (Å²) in [6.45, 7) is 0.00421. The average Bonchev–Trinajstić information content (AvgIpc) is 2.55. The molecule has 2 aromatic rings. The topological polar surface area (TPSA) is 108 Å². The predicted octanol–water partition coefficient (Wildman–Crippen LogP) is 1.90. The molecule has 0 radical (unpaired) electrons. The Morgan fingerprint density at radius 2 is 1.78 bits per heavy atom. The van der Waals surface area contributed by atoms with Gasteiger partial charge in [-0.3, -0.25) is 9.59 Å². The zero-order valence-electron chi connectivity index (χ0n) is 12.4. The van der Waals surface area contributed by atoms with Crippen LogP contribution in [0.5, 0.6) is 0 Å². The molecule has 0 saturated heterocycles. The van der Waals surface area contributed by atoms with Crippen LogP contribution in [0.4, 0.5) is 11.4 Å². The molecule has 2 aromatic carbocycles. The van der Waals surface area contributed by atoms with Gasteiger partial charge in [-0.1, -0.05) is 24.3 Å². The molecule has 116 valence electrons. The van der Waals surface area contributed by atoms with Crippen LogP contribution in [0.2, 0.25) is 0 Å². The van der Waals surface area contributed by atoms with Crippen molar-refractivity contribution in [2.75, 3.05) is 17.2 Å². The number of para-hydroxylation sites is 1. The summed E-state index contributed by atoms with van der Waals surface area (Å²) in [7, 11) is 0. The molecule has 2 amide bonds. The van der Waals surface area contributed by atoms with Crippen LogP contribution in [0, 0.1) is 11.3 Å². The van der Waals surface area contributed by atoms with Crippen molar-refractivity contribution in [2.24, 2.45) is 5.73 Å². The number of hydrogen-bond donors (Lipinski definition) is 3. The van der Waals surface area contributed by atoms with Crippen LogP contribution in [0.25, 0.3) is 0 Å². The molecule has 0 aliphatic carbocycles. The molecule has 0 spiro atoms. The number of carbonyl (C=O) groups excluding carboxylic acids is 2. The number of nitrogens with two attached hydrogens (primary N) is 1. The largest absolute Gasteiger partial charge is 0.376 e. The highest BCUT2D eigenvalue weighted by Crippen LogP contribution is 2.14. The van der Waals surface area contributed by atoms with E-state index in [0.29, 0.717) is 23.4 Å². The quantitative estimate of drug-likeness (QED) is 0.757. The fourth-order valence-corrected chi connectivity index (χ4v) is 2.03. The van der Waals surface area contributed by atoms with E-state index in [1.54, 1.807) is 48.5 Å². The molecule has 0 aliphatic rings. The summed E-state index contributed by atoms with van der Waals surface area (Å²) in [6, 6.07) is 15.8. The molecule has 0 bridgehead atoms. The highest BCUT2D eigenvalue weighted by Gasteiger charge is 2.08. The lowest BCUT2D eigenvalue weighted by Crippen LogP contribution is -2.23. The van der Waals surface area contributed by atoms with Gasteiger partial charge in [0.1, 0.15) is 0 Å². The van der Waals surface area contributed by atoms with Crippen molar-refractivity contribution in [1.82, 2.24) is 0 Å². The van der Waals surface area contributed by atoms with Gasteiger partial charge in [0.2, 0.25) is 5.91 Å². The second kappa shape index (κ2) is 7.61. The third-order valence-electron chi connectivity index (χ3n) is 3.15. The van der Waals surface area contributed by atoms with E-state index in [1.165, 1.54) is 0 Å². The van der Waals surface area contributed by atoms with E-state index in [1.807, 2.05) is 0 Å². The first-order chi connectivity index (χ1) is 11.1. The molecule has 0 fully saturated rings. The second-order valence-electron chi connectivity index (χ2n) is 4.84. The Bertz CT molecular complexity index is 748. The molecule has 6 nitrogen and oxygen atoms in total. The predicted molar refractivity (Wildman–Crippen MR) is 87.8 cm³/mol. The maximum absolute atomic E-state index is 11.9. The number of carbonyl (C=O) groups is 2. The van der Waals surface area contributed by atoms with Crippen molar-refractivity contribution in [3.05, 3.63) is 59.7 Å². The fraction of sp³-hybridized carbons (Fsp3) is 0.118. The maximum Gasteiger partial charge on any atom is 0.250 e. The SMILES string of the molecule is N#CCc1ccc(NC(=O)CNc2ccccc2C(N)=O)cc1. The number of rotatable bonds is 6. The molecule has 0 atom stereocenters. The van der Waals surface area contributed by atoms with E-state index in [9.17, 15) is 9.59 Å². The van der Waals surface area contributed by atoms with Crippen molar-refractivity contribution in [3.63, 3.8) is 0 Å². The number of anilines is 2. The Morgan fingerprint density at radius 3 is 2.43 bits per heavy atom. The van der Waals surface area contributed by atoms with Crippen LogP contribution in [0.3, 0.4) is 0 Å². The Kier molecular flexibility index (Phi) is 5.31. The van der Waals surface area contributed by atoms with E-state index >= 15 is 0 Å². The van der Waals surface area contributed by atoms with Crippen molar-refractivity contribution in [3.8, 4) is 6.07 Å². The minimum absolute atomic E-state index is 0.00421. The lowest BCUT2D eigenvalue weighted by molar-refractivity contribution is -0.114. The molecule has 0 saturated carbocycles. The molecule has 0 aromatic heterocycles. The highest BCUT2D eigenvalue weighted by molar-refractivity contribution is 6.00. The Morgan fingerprint density at radius 1 is 1.09 bits per heavy atom. The summed E-state index contributed by atoms with van der Waals surface area (Å²) in [5, 5.41) is 14.2. The van der Waals surface area contributed by atoms with Gasteiger partial charge in [0.25, 0.3) is 5.91 Å². The zero-order chi connectivity index (χ0) is 16.7. The Hall–Kier alpha value is -3.33. The summed E-state index contributed by atoms with van der Waals surface area (Å²) < 4.78 is 0. The first-order valence-electron chi connectivity index (χ1n) is 6.98. The van der Waals surface area contributed by atoms with E-state index in [0.717, 1.165) is 5.56 Å². The van der Waals surface area contributed by atoms with Crippen LogP contribution < -0.4 is 16.4 Å². The normalized spacial score (nSPS) is 9.70. The van der Waals surface area contributed by atoms with Gasteiger partial charge in [-0.05, 0) is 29.8 Å². The van der Waals surface area contributed by atoms with Crippen LogP contribution >= 0.6 is 0 Å². The number of nitrogens with one attached hydrogen (secondary N) is 2. The molecule has 6 heteroatoms. The van der Waals surface area contributed by atoms with Gasteiger partial charge in [0.05, 0.1) is 24.6 Å². The van der Waals surface area contributed by atoms with Gasteiger partial charge in [-0.25, -0.2) is 0 Å². The maximum atomic E-state index is 11.9. The molecular weight excluding hydrogens is 292 g/mol. The zero-order valence-corrected chi connectivity index (χ0v) is 12.4. The lowest BCUT2D eigenvalue weighted by atomic mass is 10.1. The third kappa shape index (κ3) is 4.58. The van der Waals surface area contributed by atoms with Crippen molar-refractivity contribution in [2.45, 2.75) is 6.42 Å². The van der Waals surface area contributed by atoms with Crippen LogP contribution in [0.1, 0.15) is 15.9 Å². The van der Waals surface area contributed by atoms with Gasteiger partial charge in [-0.2, -0.15) is 5.26 Å². The number of primary amides is 1. The monoisotopic (exact) mass is 308 g/mol. The van der Waals surface area contributed by atoms with Crippen LogP contribution in [-0.4, -0.2) is 18.4 Å². The molecule has 2 rings (SSSR count). The lowest BCUT2D eigenvalue weighted by Gasteiger charge is -2.10. The Labute approximate surface area is 133 Å². The first-order valence-corrected chi connectivity index (χ1v) is 6.98. The van der Waals surface area contributed by atoms with E-state index in [2.05, 4.69) is 16.7 Å². The van der Waals surface area contributed by atoms with E-state index in [-0.39, 0.29) is 12.5 Å². The van der Waals surface area contributed by atoms with Gasteiger partial charge in [0.15, 0.2) is 0 Å². The number of benzene rings is 2. The number of nitrogens with zero attached hydrogens (tertiary/aromatic N) is 1. The summed E-state index contributed by atoms with van der Waals surface area (Å²) in [6.07, 6.45) is 0.333. The van der Waals surface area contributed by atoms with E-state index < -0.39 is 5.91 Å². The van der Waals surface area contributed by atoms with Crippen molar-refractivity contribution < 1.29 is 9.59 Å². The van der Waals surface area contributed by atoms with Crippen molar-refractivity contribution in [1.29, 1.82) is 5.26 Å². The van der Waals surface area contributed by atoms with Crippen LogP contribution in [-0.2, 0) is 11.2 Å². The molecule has 23 heavy (non-hydrogen) atoms. The minimum atomic E-state index is -0.554. The highest BCUT2D eigenvalue weighted by atomic mass is 16.2. The summed E-state index contributed by atoms with van der Waals surface area (Å²) in [5.74, 6) is -0.807. The molecule has 0 aliphatic heterocycles. The third-order valence-corrected chi connectivity index (χ3v) is 3.15. The second-order valence-corrected chi connectivity index (χ2v) is 4.84. The minimum Gasteiger partial charge on any atom is -0.376 e. The van der Waals surface area contributed by atoms with Gasteiger partial charge in [0, 0.05) is 11.4 Å². The summed E-state index contributed by atoms with van der Waals surface area (Å²) in [4.78, 5) is 23.2. The number of hydrogen-bond acceptors (Lipinski definition) is 4. The fourth-order valence-electron chi connectivity index (χ4n) is 2.03. The molecule has 0 unspecified atom stereocenters. The first kappa shape index (κ1) is 16.0. The van der Waals surface area contributed by atoms with Crippen LogP contribution in [0.15, 0.2) is 48.5 Å². The molecule has 0 heterocycles. The standard InChI is InChI=1S/C17H16N4O2/c18-10-9-12-5-7-13(8-6-12)21-16(22)11-20-15-4-2-1-3-14(15)17(19)23/h1-8,20H,9,11H2,(H2,19,23)(H,21,22). The van der Waals surface area contributed by atoms with Gasteiger partial charge >= 0.3 is 0 Å². The average molecular weight is 308 g/mol. The molecule has 4 N–H and O–H groups in total. The van der Waals surface area contributed by atoms with Gasteiger partial charge < -0.3 is 16.4 Å². The number of nitriles is 1. The number of amides is 2. The Balaban J connectivity index is 1.93. The summed E-state index contributed by atoms with van der Waals surface area (Å²) >= 11 is 0. The van der Waals surface area contributed by atoms with Crippen molar-refractivity contribution >= 4 is 23.2 Å². The summed E-state index contributed by atoms with van der Waals surface area (Å²) in [5.41, 5.74) is 7.66. The van der Waals surface area contributed by atoms with Gasteiger partial charge in [-0.15, -0.1) is 0 Å². The smallest absolute Gasteiger partial charge is 0.250 e. The van der Waals surface area contributed by atoms with E-state index in [4.69, 9.17) is 11.0 Å².